The van der Waals surface area contributed by atoms with E-state index >= 15 is 0 Å². The minimum atomic E-state index is 0.0359. The number of nitrogens with zero attached hydrogens (tertiary/aromatic N) is 2. The Morgan fingerprint density at radius 2 is 1.81 bits per heavy atom. The SMILES string of the molecule is Cc1n[nH]c2nc(-c3ccc(O)c(Cl)c3)c3cc4c(cc3c12)OCCCO4. The number of phenolic OH excluding ortho intramolecular Hbond substituents is 1. The third-order valence-electron chi connectivity index (χ3n) is 4.78. The number of ether oxygens (including phenoxy) is 2. The second-order valence-corrected chi connectivity index (χ2v) is 6.96. The summed E-state index contributed by atoms with van der Waals surface area (Å²) in [5.41, 5.74) is 3.09. The first-order chi connectivity index (χ1) is 13.1. The molecule has 0 aliphatic carbocycles. The van der Waals surface area contributed by atoms with Gasteiger partial charge in [-0.25, -0.2) is 4.98 Å². The van der Waals surface area contributed by atoms with Crippen molar-refractivity contribution >= 4 is 33.4 Å². The Bertz CT molecular complexity index is 1200. The normalized spacial score (nSPS) is 13.9. The van der Waals surface area contributed by atoms with Gasteiger partial charge in [-0.2, -0.15) is 5.10 Å². The van der Waals surface area contributed by atoms with Crippen LogP contribution in [0.2, 0.25) is 5.02 Å². The molecule has 1 aliphatic heterocycles. The zero-order valence-electron chi connectivity index (χ0n) is 14.5. The molecule has 0 saturated heterocycles. The molecule has 6 nitrogen and oxygen atoms in total. The molecule has 2 aromatic carbocycles. The van der Waals surface area contributed by atoms with Gasteiger partial charge in [0.05, 0.1) is 29.6 Å². The Kier molecular flexibility index (Phi) is 3.62. The predicted octanol–water partition coefficient (Wildman–Crippen LogP) is 4.61. The third-order valence-corrected chi connectivity index (χ3v) is 5.09. The molecule has 0 atom stereocenters. The van der Waals surface area contributed by atoms with E-state index in [1.807, 2.05) is 19.1 Å². The highest BCUT2D eigenvalue weighted by Gasteiger charge is 2.19. The van der Waals surface area contributed by atoms with Crippen LogP contribution in [0.1, 0.15) is 12.1 Å². The summed E-state index contributed by atoms with van der Waals surface area (Å²) in [6.07, 6.45) is 0.837. The molecule has 0 saturated carbocycles. The molecule has 0 fully saturated rings. The lowest BCUT2D eigenvalue weighted by Crippen LogP contribution is -1.97. The van der Waals surface area contributed by atoms with E-state index in [4.69, 9.17) is 26.1 Å². The van der Waals surface area contributed by atoms with E-state index in [-0.39, 0.29) is 10.8 Å². The molecule has 27 heavy (non-hydrogen) atoms. The Balaban J connectivity index is 1.88. The van der Waals surface area contributed by atoms with Gasteiger partial charge in [-0.3, -0.25) is 5.10 Å². The van der Waals surface area contributed by atoms with E-state index in [1.165, 1.54) is 0 Å². The lowest BCUT2D eigenvalue weighted by Gasteiger charge is -2.13. The van der Waals surface area contributed by atoms with Gasteiger partial charge in [0.25, 0.3) is 0 Å². The summed E-state index contributed by atoms with van der Waals surface area (Å²) in [4.78, 5) is 4.78. The van der Waals surface area contributed by atoms with Crippen molar-refractivity contribution in [1.82, 2.24) is 15.2 Å². The second-order valence-electron chi connectivity index (χ2n) is 6.55. The number of aromatic nitrogens is 3. The largest absolute Gasteiger partial charge is 0.506 e. The predicted molar refractivity (Wildman–Crippen MR) is 104 cm³/mol. The van der Waals surface area contributed by atoms with Gasteiger partial charge in [0.2, 0.25) is 0 Å². The number of H-pyrrole nitrogens is 1. The maximum absolute atomic E-state index is 9.76. The zero-order valence-corrected chi connectivity index (χ0v) is 15.3. The fourth-order valence-electron chi connectivity index (χ4n) is 3.48. The highest BCUT2D eigenvalue weighted by molar-refractivity contribution is 6.32. The number of aromatic hydroxyl groups is 1. The number of aryl methyl sites for hydroxylation is 1. The van der Waals surface area contributed by atoms with Crippen LogP contribution in [0, 0.1) is 6.92 Å². The smallest absolute Gasteiger partial charge is 0.161 e. The molecule has 136 valence electrons. The van der Waals surface area contributed by atoms with Crippen molar-refractivity contribution in [2.24, 2.45) is 0 Å². The van der Waals surface area contributed by atoms with Crippen LogP contribution in [-0.4, -0.2) is 33.5 Å². The van der Waals surface area contributed by atoms with Gasteiger partial charge in [-0.15, -0.1) is 0 Å². The van der Waals surface area contributed by atoms with E-state index < -0.39 is 0 Å². The lowest BCUT2D eigenvalue weighted by molar-refractivity contribution is 0.297. The second kappa shape index (κ2) is 6.03. The minimum absolute atomic E-state index is 0.0359. The van der Waals surface area contributed by atoms with Gasteiger partial charge < -0.3 is 14.6 Å². The first kappa shape index (κ1) is 16.2. The molecule has 0 spiro atoms. The van der Waals surface area contributed by atoms with E-state index in [2.05, 4.69) is 10.2 Å². The van der Waals surface area contributed by atoms with Crippen molar-refractivity contribution in [3.05, 3.63) is 41.0 Å². The molecule has 0 radical (unpaired) electrons. The average molecular weight is 382 g/mol. The highest BCUT2D eigenvalue weighted by Crippen LogP contribution is 2.41. The molecule has 7 heteroatoms. The van der Waals surface area contributed by atoms with Crippen molar-refractivity contribution < 1.29 is 14.6 Å². The number of aromatic amines is 1. The first-order valence-electron chi connectivity index (χ1n) is 8.69. The van der Waals surface area contributed by atoms with Crippen molar-refractivity contribution in [2.75, 3.05) is 13.2 Å². The van der Waals surface area contributed by atoms with E-state index in [9.17, 15) is 5.11 Å². The number of phenols is 1. The molecule has 0 unspecified atom stereocenters. The fourth-order valence-corrected chi connectivity index (χ4v) is 3.66. The monoisotopic (exact) mass is 381 g/mol. The summed E-state index contributed by atoms with van der Waals surface area (Å²) in [5, 5.41) is 20.2. The molecule has 5 rings (SSSR count). The molecule has 2 aromatic heterocycles. The Labute approximate surface area is 159 Å². The summed E-state index contributed by atoms with van der Waals surface area (Å²) in [7, 11) is 0. The molecular weight excluding hydrogens is 366 g/mol. The standard InChI is InChI=1S/C20H16ClN3O3/c1-10-18-12-8-16-17(27-6-2-5-26-16)9-13(12)19(22-20(18)24-23-10)11-3-4-15(25)14(21)7-11/h3-4,7-9,25H,2,5-6H2,1H3,(H,22,23,24). The van der Waals surface area contributed by atoms with Crippen LogP contribution in [0.15, 0.2) is 30.3 Å². The van der Waals surface area contributed by atoms with Crippen LogP contribution in [0.25, 0.3) is 33.1 Å². The first-order valence-corrected chi connectivity index (χ1v) is 9.06. The van der Waals surface area contributed by atoms with Crippen LogP contribution < -0.4 is 9.47 Å². The summed E-state index contributed by atoms with van der Waals surface area (Å²) < 4.78 is 11.7. The van der Waals surface area contributed by atoms with Crippen molar-refractivity contribution in [3.8, 4) is 28.5 Å². The highest BCUT2D eigenvalue weighted by atomic mass is 35.5. The maximum atomic E-state index is 9.76. The average Bonchev–Trinajstić information content (AvgIpc) is 2.89. The molecular formula is C20H16ClN3O3. The molecule has 0 bridgehead atoms. The molecule has 3 heterocycles. The van der Waals surface area contributed by atoms with Crippen LogP contribution in [-0.2, 0) is 0 Å². The van der Waals surface area contributed by atoms with Crippen LogP contribution in [0.4, 0.5) is 0 Å². The quantitative estimate of drug-likeness (QED) is 0.503. The number of fused-ring (bicyclic) bond motifs is 4. The zero-order chi connectivity index (χ0) is 18.5. The van der Waals surface area contributed by atoms with E-state index in [1.54, 1.807) is 18.2 Å². The minimum Gasteiger partial charge on any atom is -0.506 e. The number of hydrogen-bond acceptors (Lipinski definition) is 5. The fraction of sp³-hybridized carbons (Fsp3) is 0.200. The Morgan fingerprint density at radius 3 is 2.56 bits per heavy atom. The van der Waals surface area contributed by atoms with Gasteiger partial charge in [-0.05, 0) is 37.3 Å². The van der Waals surface area contributed by atoms with Crippen molar-refractivity contribution in [3.63, 3.8) is 0 Å². The van der Waals surface area contributed by atoms with Gasteiger partial charge in [0.15, 0.2) is 17.1 Å². The number of halogens is 1. The van der Waals surface area contributed by atoms with Gasteiger partial charge in [0.1, 0.15) is 5.75 Å². The summed E-state index contributed by atoms with van der Waals surface area (Å²) in [6.45, 7) is 3.18. The molecule has 2 N–H and O–H groups in total. The lowest BCUT2D eigenvalue weighted by atomic mass is 10.00. The van der Waals surface area contributed by atoms with Crippen LogP contribution in [0.5, 0.6) is 17.2 Å². The number of nitrogens with one attached hydrogen (secondary N) is 1. The Hall–Kier alpha value is -2.99. The Morgan fingerprint density at radius 1 is 1.07 bits per heavy atom. The topological polar surface area (TPSA) is 80.3 Å². The third kappa shape index (κ3) is 2.56. The maximum Gasteiger partial charge on any atom is 0.161 e. The molecule has 0 amide bonds. The van der Waals surface area contributed by atoms with Crippen molar-refractivity contribution in [1.29, 1.82) is 0 Å². The van der Waals surface area contributed by atoms with Crippen molar-refractivity contribution in [2.45, 2.75) is 13.3 Å². The molecule has 4 aromatic rings. The molecule has 1 aliphatic rings. The number of benzene rings is 2. The summed E-state index contributed by atoms with van der Waals surface area (Å²) in [5.74, 6) is 1.46. The number of pyridine rings is 1. The van der Waals surface area contributed by atoms with Gasteiger partial charge >= 0.3 is 0 Å². The van der Waals surface area contributed by atoms with E-state index in [0.29, 0.717) is 24.6 Å². The summed E-state index contributed by atoms with van der Waals surface area (Å²) >= 11 is 6.13. The van der Waals surface area contributed by atoms with Crippen LogP contribution in [0.3, 0.4) is 0 Å². The van der Waals surface area contributed by atoms with Gasteiger partial charge in [-0.1, -0.05) is 11.6 Å². The summed E-state index contributed by atoms with van der Waals surface area (Å²) in [6, 6.07) is 9.02. The van der Waals surface area contributed by atoms with E-state index in [0.717, 1.165) is 45.3 Å². The van der Waals surface area contributed by atoms with Crippen LogP contribution >= 0.6 is 11.6 Å². The number of hydrogen-bond donors (Lipinski definition) is 2. The van der Waals surface area contributed by atoms with Gasteiger partial charge in [0, 0.05) is 28.1 Å². The number of rotatable bonds is 1.